The van der Waals surface area contributed by atoms with Crippen LogP contribution in [0.1, 0.15) is 126 Å². The van der Waals surface area contributed by atoms with Crippen LogP contribution in [-0.2, 0) is 9.53 Å². The lowest BCUT2D eigenvalue weighted by atomic mass is 9.48. The molecule has 0 amide bonds. The topological polar surface area (TPSA) is 26.3 Å². The van der Waals surface area contributed by atoms with Gasteiger partial charge in [0, 0.05) is 6.92 Å². The van der Waals surface area contributed by atoms with E-state index in [9.17, 15) is 4.79 Å². The Hall–Kier alpha value is -0.790. The average Bonchev–Trinajstić information content (AvgIpc) is 3.11. The number of carbonyl (C=O) groups excluding carboxylic acids is 1. The molecule has 0 bridgehead atoms. The van der Waals surface area contributed by atoms with Gasteiger partial charge in [0.05, 0.1) is 0 Å². The molecule has 3 saturated carbocycles. The van der Waals surface area contributed by atoms with E-state index in [1.54, 1.807) is 6.92 Å². The number of allylic oxidation sites excluding steroid dienone is 2. The standard InChI is InChI=1S/C31H52O2/c1-8-23(20(2)3)10-9-21(4)27-13-14-28-26-12-11-24-19-25(33-22(5)32)15-17-30(24,6)29(26)16-18-31(27,28)7/h20-21,23-25,27,29H,8-19H2,1-7H3/t21-,23?,24+,25-,27?,29?,30?,31?/m1/s1. The second kappa shape index (κ2) is 9.69. The van der Waals surface area contributed by atoms with Crippen molar-refractivity contribution in [1.82, 2.24) is 0 Å². The molecule has 5 unspecified atom stereocenters. The maximum atomic E-state index is 11.5. The first kappa shape index (κ1) is 25.3. The monoisotopic (exact) mass is 456 g/mol. The molecule has 0 saturated heterocycles. The molecule has 188 valence electrons. The van der Waals surface area contributed by atoms with Crippen LogP contribution in [0.5, 0.6) is 0 Å². The van der Waals surface area contributed by atoms with E-state index < -0.39 is 0 Å². The number of hydrogen-bond donors (Lipinski definition) is 0. The van der Waals surface area contributed by atoms with Crippen molar-refractivity contribution in [3.8, 4) is 0 Å². The lowest BCUT2D eigenvalue weighted by Crippen LogP contribution is -2.48. The van der Waals surface area contributed by atoms with Crippen LogP contribution < -0.4 is 0 Å². The summed E-state index contributed by atoms with van der Waals surface area (Å²) in [6, 6.07) is 0. The zero-order chi connectivity index (χ0) is 24.0. The highest BCUT2D eigenvalue weighted by Gasteiger charge is 2.55. The van der Waals surface area contributed by atoms with E-state index >= 15 is 0 Å². The molecular weight excluding hydrogens is 404 g/mol. The molecular formula is C31H52O2. The first-order chi connectivity index (χ1) is 15.6. The third kappa shape index (κ3) is 4.58. The molecule has 33 heavy (non-hydrogen) atoms. The van der Waals surface area contributed by atoms with E-state index in [0.29, 0.717) is 10.8 Å². The fraction of sp³-hybridized carbons (Fsp3) is 0.903. The third-order valence-electron chi connectivity index (χ3n) is 11.5. The smallest absolute Gasteiger partial charge is 0.302 e. The SMILES string of the molecule is CCC(CC[C@@H](C)C1CCC2=C3CC[C@H]4C[C@H](OC(C)=O)CCC4(C)C3CCC21C)C(C)C. The number of ether oxygens (including phenoxy) is 1. The van der Waals surface area contributed by atoms with Gasteiger partial charge in [0.2, 0.25) is 0 Å². The Kier molecular flexibility index (Phi) is 7.43. The van der Waals surface area contributed by atoms with Gasteiger partial charge < -0.3 is 4.74 Å². The quantitative estimate of drug-likeness (QED) is 0.283. The van der Waals surface area contributed by atoms with Gasteiger partial charge in [-0.1, -0.05) is 65.5 Å². The van der Waals surface area contributed by atoms with Crippen LogP contribution in [0.3, 0.4) is 0 Å². The van der Waals surface area contributed by atoms with Crippen molar-refractivity contribution in [2.45, 2.75) is 132 Å². The number of fused-ring (bicyclic) bond motifs is 4. The Morgan fingerprint density at radius 1 is 1.03 bits per heavy atom. The zero-order valence-corrected chi connectivity index (χ0v) is 22.8. The van der Waals surface area contributed by atoms with Crippen molar-refractivity contribution in [3.05, 3.63) is 11.1 Å². The average molecular weight is 457 g/mol. The maximum Gasteiger partial charge on any atom is 0.302 e. The summed E-state index contributed by atoms with van der Waals surface area (Å²) in [7, 11) is 0. The Balaban J connectivity index is 1.49. The van der Waals surface area contributed by atoms with Crippen LogP contribution in [0, 0.1) is 46.3 Å². The summed E-state index contributed by atoms with van der Waals surface area (Å²) in [5, 5.41) is 0. The second-order valence-corrected chi connectivity index (χ2v) is 13.4. The molecule has 0 aromatic carbocycles. The summed E-state index contributed by atoms with van der Waals surface area (Å²) in [4.78, 5) is 11.5. The molecule has 2 heteroatoms. The van der Waals surface area contributed by atoms with Crippen LogP contribution >= 0.6 is 0 Å². The molecule has 0 spiro atoms. The molecule has 2 nitrogen and oxygen atoms in total. The molecule has 0 heterocycles. The molecule has 0 aromatic heterocycles. The molecule has 0 N–H and O–H groups in total. The second-order valence-electron chi connectivity index (χ2n) is 13.4. The normalized spacial score (nSPS) is 40.1. The number of rotatable bonds is 7. The van der Waals surface area contributed by atoms with Crippen LogP contribution in [0.25, 0.3) is 0 Å². The first-order valence-corrected chi connectivity index (χ1v) is 14.5. The Labute approximate surface area is 204 Å². The Bertz CT molecular complexity index is 750. The van der Waals surface area contributed by atoms with E-state index in [4.69, 9.17) is 4.74 Å². The largest absolute Gasteiger partial charge is 0.463 e. The van der Waals surface area contributed by atoms with Crippen molar-refractivity contribution < 1.29 is 9.53 Å². The fourth-order valence-corrected chi connectivity index (χ4v) is 9.43. The van der Waals surface area contributed by atoms with E-state index in [-0.39, 0.29) is 12.1 Å². The van der Waals surface area contributed by atoms with Crippen molar-refractivity contribution in [2.24, 2.45) is 46.3 Å². The van der Waals surface area contributed by atoms with Crippen LogP contribution in [-0.4, -0.2) is 12.1 Å². The predicted octanol–water partition coefficient (Wildman–Crippen LogP) is 8.74. The lowest BCUT2D eigenvalue weighted by molar-refractivity contribution is -0.152. The van der Waals surface area contributed by atoms with Gasteiger partial charge in [0.1, 0.15) is 6.10 Å². The van der Waals surface area contributed by atoms with Crippen molar-refractivity contribution in [3.63, 3.8) is 0 Å². The van der Waals surface area contributed by atoms with Gasteiger partial charge >= 0.3 is 5.97 Å². The molecule has 0 radical (unpaired) electrons. The van der Waals surface area contributed by atoms with Crippen LogP contribution in [0.4, 0.5) is 0 Å². The predicted molar refractivity (Wildman–Crippen MR) is 138 cm³/mol. The number of esters is 1. The van der Waals surface area contributed by atoms with Crippen molar-refractivity contribution in [1.29, 1.82) is 0 Å². The minimum atomic E-state index is -0.0968. The van der Waals surface area contributed by atoms with Crippen molar-refractivity contribution in [2.75, 3.05) is 0 Å². The van der Waals surface area contributed by atoms with Gasteiger partial charge in [-0.25, -0.2) is 0 Å². The highest BCUT2D eigenvalue weighted by atomic mass is 16.5. The summed E-state index contributed by atoms with van der Waals surface area (Å²) >= 11 is 0. The maximum absolute atomic E-state index is 11.5. The van der Waals surface area contributed by atoms with Gasteiger partial charge in [-0.2, -0.15) is 0 Å². The Morgan fingerprint density at radius 2 is 1.79 bits per heavy atom. The minimum Gasteiger partial charge on any atom is -0.463 e. The molecule has 4 aliphatic rings. The highest BCUT2D eigenvalue weighted by molar-refractivity contribution is 5.66. The summed E-state index contributed by atoms with van der Waals surface area (Å²) in [5.41, 5.74) is 4.70. The van der Waals surface area contributed by atoms with Gasteiger partial charge in [0.25, 0.3) is 0 Å². The lowest BCUT2D eigenvalue weighted by Gasteiger charge is -2.57. The summed E-state index contributed by atoms with van der Waals surface area (Å²) < 4.78 is 5.66. The van der Waals surface area contributed by atoms with Gasteiger partial charge in [0.15, 0.2) is 0 Å². The molecule has 4 rings (SSSR count). The third-order valence-corrected chi connectivity index (χ3v) is 11.5. The first-order valence-electron chi connectivity index (χ1n) is 14.5. The molecule has 0 aromatic rings. The highest BCUT2D eigenvalue weighted by Crippen LogP contribution is 2.66. The minimum absolute atomic E-state index is 0.0968. The van der Waals surface area contributed by atoms with Crippen LogP contribution in [0.15, 0.2) is 11.1 Å². The van der Waals surface area contributed by atoms with Gasteiger partial charge in [-0.05, 0) is 111 Å². The Morgan fingerprint density at radius 3 is 2.45 bits per heavy atom. The molecule has 8 atom stereocenters. The summed E-state index contributed by atoms with van der Waals surface area (Å²) in [5.74, 6) is 4.87. The summed E-state index contributed by atoms with van der Waals surface area (Å²) in [6.45, 7) is 16.6. The van der Waals surface area contributed by atoms with E-state index in [1.165, 1.54) is 64.2 Å². The number of carbonyl (C=O) groups is 1. The number of hydrogen-bond acceptors (Lipinski definition) is 2. The molecule has 0 aliphatic heterocycles. The van der Waals surface area contributed by atoms with Gasteiger partial charge in [-0.15, -0.1) is 0 Å². The van der Waals surface area contributed by atoms with Crippen LogP contribution in [0.2, 0.25) is 0 Å². The van der Waals surface area contributed by atoms with Gasteiger partial charge in [-0.3, -0.25) is 4.79 Å². The summed E-state index contributed by atoms with van der Waals surface area (Å²) in [6.07, 6.45) is 16.0. The molecule has 3 fully saturated rings. The fourth-order valence-electron chi connectivity index (χ4n) is 9.43. The van der Waals surface area contributed by atoms with E-state index in [2.05, 4.69) is 41.5 Å². The van der Waals surface area contributed by atoms with E-state index in [1.807, 2.05) is 11.1 Å². The zero-order valence-electron chi connectivity index (χ0n) is 22.8. The van der Waals surface area contributed by atoms with Crippen molar-refractivity contribution >= 4 is 5.97 Å². The molecule has 4 aliphatic carbocycles. The van der Waals surface area contributed by atoms with E-state index in [0.717, 1.165) is 48.3 Å².